The summed E-state index contributed by atoms with van der Waals surface area (Å²) in [5.41, 5.74) is 2.17. The molecule has 7 heteroatoms. The number of anilines is 1. The number of piperazine rings is 1. The summed E-state index contributed by atoms with van der Waals surface area (Å²) in [4.78, 5) is 17.4. The van der Waals surface area contributed by atoms with Crippen LogP contribution in [0.3, 0.4) is 0 Å². The van der Waals surface area contributed by atoms with E-state index < -0.39 is 9.84 Å². The first-order valence-corrected chi connectivity index (χ1v) is 10.8. The molecule has 1 aliphatic heterocycles. The van der Waals surface area contributed by atoms with Gasteiger partial charge in [-0.2, -0.15) is 0 Å². The number of nitrogens with zero attached hydrogens (tertiary/aromatic N) is 2. The summed E-state index contributed by atoms with van der Waals surface area (Å²) in [6, 6.07) is 13.9. The number of carbonyl (C=O) groups is 1. The van der Waals surface area contributed by atoms with E-state index in [1.165, 1.54) is 12.1 Å². The summed E-state index contributed by atoms with van der Waals surface area (Å²) in [6.45, 7) is 5.04. The van der Waals surface area contributed by atoms with Gasteiger partial charge in [-0.15, -0.1) is 0 Å². The first kappa shape index (κ1) is 19.5. The van der Waals surface area contributed by atoms with Crippen LogP contribution in [0.1, 0.15) is 15.9 Å². The predicted octanol–water partition coefficient (Wildman–Crippen LogP) is 2.09. The van der Waals surface area contributed by atoms with Crippen LogP contribution in [0.5, 0.6) is 0 Å². The molecule has 0 radical (unpaired) electrons. The van der Waals surface area contributed by atoms with Crippen LogP contribution in [-0.2, 0) is 16.4 Å². The van der Waals surface area contributed by atoms with Crippen molar-refractivity contribution in [2.24, 2.45) is 0 Å². The maximum atomic E-state index is 12.5. The SMILES string of the molecule is CN1CCN(Cc2cccc(NC(=O)c3cccc(S(C)(=O)=O)c3)c2)CC1. The third-order valence-corrected chi connectivity index (χ3v) is 5.82. The number of benzene rings is 2. The molecule has 2 aromatic rings. The maximum absolute atomic E-state index is 12.5. The summed E-state index contributed by atoms with van der Waals surface area (Å²) in [6.07, 6.45) is 1.13. The Morgan fingerprint density at radius 1 is 1.04 bits per heavy atom. The number of rotatable bonds is 5. The highest BCUT2D eigenvalue weighted by atomic mass is 32.2. The minimum Gasteiger partial charge on any atom is -0.322 e. The molecule has 1 N–H and O–H groups in total. The van der Waals surface area contributed by atoms with Gasteiger partial charge in [0.2, 0.25) is 0 Å². The van der Waals surface area contributed by atoms with Crippen LogP contribution in [-0.4, -0.2) is 63.6 Å². The molecule has 27 heavy (non-hydrogen) atoms. The van der Waals surface area contributed by atoms with Crippen LogP contribution in [0.15, 0.2) is 53.4 Å². The van der Waals surface area contributed by atoms with Crippen molar-refractivity contribution in [3.8, 4) is 0 Å². The van der Waals surface area contributed by atoms with E-state index in [-0.39, 0.29) is 10.8 Å². The van der Waals surface area contributed by atoms with Gasteiger partial charge in [0.25, 0.3) is 5.91 Å². The Labute approximate surface area is 160 Å². The molecule has 0 bridgehead atoms. The molecule has 1 aliphatic rings. The molecule has 2 aromatic carbocycles. The molecule has 1 amide bonds. The van der Waals surface area contributed by atoms with Gasteiger partial charge in [0, 0.05) is 50.2 Å². The molecule has 0 aromatic heterocycles. The predicted molar refractivity (Wildman–Crippen MR) is 107 cm³/mol. The maximum Gasteiger partial charge on any atom is 0.255 e. The fourth-order valence-electron chi connectivity index (χ4n) is 3.08. The van der Waals surface area contributed by atoms with E-state index in [1.807, 2.05) is 18.2 Å². The molecule has 144 valence electrons. The van der Waals surface area contributed by atoms with Crippen molar-refractivity contribution in [2.45, 2.75) is 11.4 Å². The van der Waals surface area contributed by atoms with Gasteiger partial charge in [-0.25, -0.2) is 8.42 Å². The Balaban J connectivity index is 1.68. The zero-order chi connectivity index (χ0) is 19.4. The molecule has 1 fully saturated rings. The van der Waals surface area contributed by atoms with Crippen molar-refractivity contribution < 1.29 is 13.2 Å². The van der Waals surface area contributed by atoms with Crippen molar-refractivity contribution in [3.63, 3.8) is 0 Å². The van der Waals surface area contributed by atoms with Crippen molar-refractivity contribution in [2.75, 3.05) is 44.8 Å². The van der Waals surface area contributed by atoms with E-state index in [0.29, 0.717) is 11.3 Å². The molecule has 3 rings (SSSR count). The number of carbonyl (C=O) groups excluding carboxylic acids is 1. The highest BCUT2D eigenvalue weighted by molar-refractivity contribution is 7.90. The monoisotopic (exact) mass is 387 g/mol. The summed E-state index contributed by atoms with van der Waals surface area (Å²) in [7, 11) is -1.22. The fraction of sp³-hybridized carbons (Fsp3) is 0.350. The smallest absolute Gasteiger partial charge is 0.255 e. The lowest BCUT2D eigenvalue weighted by molar-refractivity contribution is 0.102. The molecular weight excluding hydrogens is 362 g/mol. The van der Waals surface area contributed by atoms with Crippen LogP contribution >= 0.6 is 0 Å². The first-order chi connectivity index (χ1) is 12.8. The van der Waals surface area contributed by atoms with Crippen molar-refractivity contribution in [1.29, 1.82) is 0 Å². The molecule has 1 saturated heterocycles. The summed E-state index contributed by atoms with van der Waals surface area (Å²) >= 11 is 0. The van der Waals surface area contributed by atoms with E-state index in [0.717, 1.165) is 44.5 Å². The second-order valence-corrected chi connectivity index (χ2v) is 9.05. The highest BCUT2D eigenvalue weighted by Crippen LogP contribution is 2.16. The minimum atomic E-state index is -3.35. The lowest BCUT2D eigenvalue weighted by Gasteiger charge is -2.32. The van der Waals surface area contributed by atoms with Gasteiger partial charge < -0.3 is 10.2 Å². The Hall–Kier alpha value is -2.22. The minimum absolute atomic E-state index is 0.138. The molecule has 0 unspecified atom stereocenters. The van der Waals surface area contributed by atoms with Gasteiger partial charge in [-0.3, -0.25) is 9.69 Å². The van der Waals surface area contributed by atoms with Crippen molar-refractivity contribution in [1.82, 2.24) is 9.80 Å². The fourth-order valence-corrected chi connectivity index (χ4v) is 3.75. The van der Waals surface area contributed by atoms with Gasteiger partial charge in [0.15, 0.2) is 9.84 Å². The van der Waals surface area contributed by atoms with E-state index in [9.17, 15) is 13.2 Å². The van der Waals surface area contributed by atoms with Gasteiger partial charge in [0.05, 0.1) is 4.90 Å². The lowest BCUT2D eigenvalue weighted by Crippen LogP contribution is -2.43. The molecular formula is C20H25N3O3S. The third-order valence-electron chi connectivity index (χ3n) is 4.71. The molecule has 0 saturated carbocycles. The van der Waals surface area contributed by atoms with Gasteiger partial charge in [-0.1, -0.05) is 18.2 Å². The first-order valence-electron chi connectivity index (χ1n) is 8.92. The van der Waals surface area contributed by atoms with Crippen LogP contribution in [0.4, 0.5) is 5.69 Å². The summed E-state index contributed by atoms with van der Waals surface area (Å²) < 4.78 is 23.4. The zero-order valence-electron chi connectivity index (χ0n) is 15.7. The number of nitrogens with one attached hydrogen (secondary N) is 1. The highest BCUT2D eigenvalue weighted by Gasteiger charge is 2.15. The molecule has 1 heterocycles. The number of sulfone groups is 1. The molecule has 0 atom stereocenters. The van der Waals surface area contributed by atoms with Gasteiger partial charge >= 0.3 is 0 Å². The van der Waals surface area contributed by atoms with Gasteiger partial charge in [-0.05, 0) is 42.9 Å². The lowest BCUT2D eigenvalue weighted by atomic mass is 10.1. The van der Waals surface area contributed by atoms with Gasteiger partial charge in [0.1, 0.15) is 0 Å². The quantitative estimate of drug-likeness (QED) is 0.851. The van der Waals surface area contributed by atoms with Crippen molar-refractivity contribution >= 4 is 21.4 Å². The Kier molecular flexibility index (Phi) is 5.94. The average molecular weight is 388 g/mol. The second-order valence-electron chi connectivity index (χ2n) is 7.03. The van der Waals surface area contributed by atoms with Crippen LogP contribution < -0.4 is 5.32 Å². The van der Waals surface area contributed by atoms with Crippen LogP contribution in [0, 0.1) is 0 Å². The number of hydrogen-bond acceptors (Lipinski definition) is 5. The van der Waals surface area contributed by atoms with Crippen LogP contribution in [0.2, 0.25) is 0 Å². The molecule has 6 nitrogen and oxygen atoms in total. The zero-order valence-corrected chi connectivity index (χ0v) is 16.5. The largest absolute Gasteiger partial charge is 0.322 e. The van der Waals surface area contributed by atoms with E-state index in [4.69, 9.17) is 0 Å². The van der Waals surface area contributed by atoms with E-state index in [1.54, 1.807) is 12.1 Å². The van der Waals surface area contributed by atoms with Crippen molar-refractivity contribution in [3.05, 3.63) is 59.7 Å². The Morgan fingerprint density at radius 2 is 1.74 bits per heavy atom. The summed E-state index contributed by atoms with van der Waals surface area (Å²) in [5, 5.41) is 2.86. The average Bonchev–Trinajstić information content (AvgIpc) is 2.63. The normalized spacial score (nSPS) is 16.2. The standard InChI is InChI=1S/C20H25N3O3S/c1-22-9-11-23(12-10-22)15-16-5-3-7-18(13-16)21-20(24)17-6-4-8-19(14-17)27(2,25)26/h3-8,13-14H,9-12,15H2,1-2H3,(H,21,24). The number of hydrogen-bond donors (Lipinski definition) is 1. The Morgan fingerprint density at radius 3 is 2.44 bits per heavy atom. The van der Waals surface area contributed by atoms with E-state index >= 15 is 0 Å². The third kappa shape index (κ3) is 5.38. The number of likely N-dealkylation sites (N-methyl/N-ethyl adjacent to an activating group) is 1. The van der Waals surface area contributed by atoms with E-state index in [2.05, 4.69) is 28.2 Å². The topological polar surface area (TPSA) is 69.7 Å². The Bertz CT molecular complexity index is 920. The molecule has 0 aliphatic carbocycles. The molecule has 0 spiro atoms. The summed E-state index contributed by atoms with van der Waals surface area (Å²) in [5.74, 6) is -0.322. The second kappa shape index (κ2) is 8.21. The number of amides is 1. The van der Waals surface area contributed by atoms with Crippen LogP contribution in [0.25, 0.3) is 0 Å².